The van der Waals surface area contributed by atoms with Crippen LogP contribution >= 0.6 is 0 Å². The molecule has 5 heterocycles. The van der Waals surface area contributed by atoms with Crippen LogP contribution in [-0.4, -0.2) is 65.5 Å². The molecule has 5 rings (SSSR count). The molecule has 3 aromatic rings. The van der Waals surface area contributed by atoms with Crippen LogP contribution in [-0.2, 0) is 9.47 Å². The Labute approximate surface area is 176 Å². The Morgan fingerprint density at radius 2 is 2.07 bits per heavy atom. The van der Waals surface area contributed by atoms with Crippen molar-refractivity contribution in [3.63, 3.8) is 0 Å². The lowest BCUT2D eigenvalue weighted by Gasteiger charge is -2.34. The number of H-pyrrole nitrogens is 1. The molecule has 0 spiro atoms. The standard InChI is InChI=1S/C22H28N6O2/c1-15-14-30-11-8-28(15)20-12-19(25-13-16-4-9-29-10-5-16)26-22(27-20)18-3-7-24-21-17(18)2-6-23-21/h2-3,6-7,12,15-16H,4-5,8-11,13-14H2,1H3,(H,23,24)(H,25,26,27)/t15-/m1/s1. The molecule has 0 bridgehead atoms. The van der Waals surface area contributed by atoms with Crippen LogP contribution < -0.4 is 10.2 Å². The van der Waals surface area contributed by atoms with E-state index in [1.54, 1.807) is 6.20 Å². The van der Waals surface area contributed by atoms with E-state index in [2.05, 4.69) is 33.2 Å². The Balaban J connectivity index is 1.50. The number of aromatic nitrogens is 4. The zero-order chi connectivity index (χ0) is 20.3. The maximum Gasteiger partial charge on any atom is 0.164 e. The molecule has 0 aliphatic carbocycles. The second-order valence-electron chi connectivity index (χ2n) is 8.09. The highest BCUT2D eigenvalue weighted by molar-refractivity contribution is 5.91. The maximum atomic E-state index is 5.63. The molecule has 0 amide bonds. The molecule has 0 radical (unpaired) electrons. The first kappa shape index (κ1) is 19.3. The normalized spacial score (nSPS) is 20.6. The molecule has 0 aromatic carbocycles. The lowest BCUT2D eigenvalue weighted by Crippen LogP contribution is -2.44. The summed E-state index contributed by atoms with van der Waals surface area (Å²) in [4.78, 5) is 19.7. The molecular formula is C22H28N6O2. The molecule has 2 aliphatic rings. The summed E-state index contributed by atoms with van der Waals surface area (Å²) in [5.74, 6) is 3.12. The van der Waals surface area contributed by atoms with Gasteiger partial charge in [0.25, 0.3) is 0 Å². The minimum Gasteiger partial charge on any atom is -0.381 e. The van der Waals surface area contributed by atoms with Crippen LogP contribution in [0.25, 0.3) is 22.4 Å². The quantitative estimate of drug-likeness (QED) is 0.671. The van der Waals surface area contributed by atoms with E-state index >= 15 is 0 Å². The summed E-state index contributed by atoms with van der Waals surface area (Å²) in [5.41, 5.74) is 1.83. The zero-order valence-electron chi connectivity index (χ0n) is 17.3. The number of rotatable bonds is 5. The highest BCUT2D eigenvalue weighted by atomic mass is 16.5. The molecule has 2 N–H and O–H groups in total. The Bertz CT molecular complexity index is 1000. The average Bonchev–Trinajstić information content (AvgIpc) is 3.27. The van der Waals surface area contributed by atoms with Gasteiger partial charge in [0, 0.05) is 55.7 Å². The fourth-order valence-electron chi connectivity index (χ4n) is 4.22. The number of nitrogens with one attached hydrogen (secondary N) is 2. The van der Waals surface area contributed by atoms with Crippen molar-refractivity contribution >= 4 is 22.7 Å². The first-order valence-corrected chi connectivity index (χ1v) is 10.8. The van der Waals surface area contributed by atoms with Gasteiger partial charge in [-0.1, -0.05) is 0 Å². The summed E-state index contributed by atoms with van der Waals surface area (Å²) >= 11 is 0. The zero-order valence-corrected chi connectivity index (χ0v) is 17.3. The molecular weight excluding hydrogens is 380 g/mol. The lowest BCUT2D eigenvalue weighted by molar-refractivity contribution is 0.0699. The number of fused-ring (bicyclic) bond motifs is 1. The van der Waals surface area contributed by atoms with Crippen LogP contribution in [0.15, 0.2) is 30.6 Å². The van der Waals surface area contributed by atoms with Crippen LogP contribution in [0.2, 0.25) is 0 Å². The van der Waals surface area contributed by atoms with E-state index in [1.807, 2.05) is 18.3 Å². The van der Waals surface area contributed by atoms with E-state index in [4.69, 9.17) is 19.4 Å². The minimum absolute atomic E-state index is 0.273. The predicted molar refractivity (Wildman–Crippen MR) is 117 cm³/mol. The largest absolute Gasteiger partial charge is 0.381 e. The van der Waals surface area contributed by atoms with Crippen molar-refractivity contribution in [2.24, 2.45) is 5.92 Å². The third-order valence-corrected chi connectivity index (χ3v) is 5.99. The van der Waals surface area contributed by atoms with Gasteiger partial charge in [0.15, 0.2) is 5.82 Å². The summed E-state index contributed by atoms with van der Waals surface area (Å²) < 4.78 is 11.1. The smallest absolute Gasteiger partial charge is 0.164 e. The van der Waals surface area contributed by atoms with E-state index in [9.17, 15) is 0 Å². The number of morpholine rings is 1. The van der Waals surface area contributed by atoms with Crippen LogP contribution in [0, 0.1) is 5.92 Å². The molecule has 2 aliphatic heterocycles. The van der Waals surface area contributed by atoms with Crippen molar-refractivity contribution < 1.29 is 9.47 Å². The van der Waals surface area contributed by atoms with Crippen molar-refractivity contribution in [1.82, 2.24) is 19.9 Å². The molecule has 1 atom stereocenters. The van der Waals surface area contributed by atoms with E-state index in [0.29, 0.717) is 25.0 Å². The topological polar surface area (TPSA) is 88.2 Å². The van der Waals surface area contributed by atoms with Crippen molar-refractivity contribution in [3.8, 4) is 11.4 Å². The second kappa shape index (κ2) is 8.57. The molecule has 0 unspecified atom stereocenters. The van der Waals surface area contributed by atoms with Gasteiger partial charge in [0.2, 0.25) is 0 Å². The number of anilines is 2. The summed E-state index contributed by atoms with van der Waals surface area (Å²) in [6, 6.07) is 6.36. The van der Waals surface area contributed by atoms with Gasteiger partial charge in [-0.3, -0.25) is 0 Å². The Kier molecular flexibility index (Phi) is 5.50. The second-order valence-corrected chi connectivity index (χ2v) is 8.09. The van der Waals surface area contributed by atoms with Gasteiger partial charge in [-0.25, -0.2) is 15.0 Å². The maximum absolute atomic E-state index is 5.63. The first-order valence-electron chi connectivity index (χ1n) is 10.8. The van der Waals surface area contributed by atoms with E-state index in [0.717, 1.165) is 67.4 Å². The van der Waals surface area contributed by atoms with Crippen LogP contribution in [0.5, 0.6) is 0 Å². The molecule has 2 saturated heterocycles. The number of aromatic amines is 1. The van der Waals surface area contributed by atoms with E-state index < -0.39 is 0 Å². The average molecular weight is 409 g/mol. The number of ether oxygens (including phenoxy) is 2. The van der Waals surface area contributed by atoms with E-state index in [1.165, 1.54) is 0 Å². The summed E-state index contributed by atoms with van der Waals surface area (Å²) in [5, 5.41) is 4.60. The van der Waals surface area contributed by atoms with Gasteiger partial charge in [0.05, 0.1) is 19.3 Å². The molecule has 158 valence electrons. The minimum atomic E-state index is 0.273. The van der Waals surface area contributed by atoms with Crippen molar-refractivity contribution in [3.05, 3.63) is 30.6 Å². The molecule has 8 heteroatoms. The number of hydrogen-bond donors (Lipinski definition) is 2. The highest BCUT2D eigenvalue weighted by Crippen LogP contribution is 2.29. The van der Waals surface area contributed by atoms with Crippen LogP contribution in [0.1, 0.15) is 19.8 Å². The monoisotopic (exact) mass is 408 g/mol. The van der Waals surface area contributed by atoms with Gasteiger partial charge in [-0.2, -0.15) is 0 Å². The molecule has 30 heavy (non-hydrogen) atoms. The number of hydrogen-bond acceptors (Lipinski definition) is 7. The van der Waals surface area contributed by atoms with Gasteiger partial charge in [0.1, 0.15) is 17.3 Å². The summed E-state index contributed by atoms with van der Waals surface area (Å²) in [7, 11) is 0. The fraction of sp³-hybridized carbons (Fsp3) is 0.500. The summed E-state index contributed by atoms with van der Waals surface area (Å²) in [6.45, 7) is 7.02. The summed E-state index contributed by atoms with van der Waals surface area (Å²) in [6.07, 6.45) is 5.88. The van der Waals surface area contributed by atoms with Gasteiger partial charge in [-0.05, 0) is 37.8 Å². The third-order valence-electron chi connectivity index (χ3n) is 5.99. The molecule has 0 saturated carbocycles. The fourth-order valence-corrected chi connectivity index (χ4v) is 4.22. The van der Waals surface area contributed by atoms with Gasteiger partial charge in [-0.15, -0.1) is 0 Å². The van der Waals surface area contributed by atoms with Gasteiger partial charge < -0.3 is 24.7 Å². The number of pyridine rings is 1. The molecule has 8 nitrogen and oxygen atoms in total. The van der Waals surface area contributed by atoms with Crippen molar-refractivity contribution in [1.29, 1.82) is 0 Å². The van der Waals surface area contributed by atoms with Crippen molar-refractivity contribution in [2.45, 2.75) is 25.8 Å². The first-order chi connectivity index (χ1) is 14.8. The van der Waals surface area contributed by atoms with E-state index in [-0.39, 0.29) is 6.04 Å². The predicted octanol–water partition coefficient (Wildman–Crippen LogP) is 3.08. The number of nitrogens with zero attached hydrogens (tertiary/aromatic N) is 4. The third kappa shape index (κ3) is 3.97. The Morgan fingerprint density at radius 3 is 2.93 bits per heavy atom. The Morgan fingerprint density at radius 1 is 1.17 bits per heavy atom. The van der Waals surface area contributed by atoms with Crippen molar-refractivity contribution in [2.75, 3.05) is 49.7 Å². The Hall–Kier alpha value is -2.71. The van der Waals surface area contributed by atoms with Crippen LogP contribution in [0.4, 0.5) is 11.6 Å². The highest BCUT2D eigenvalue weighted by Gasteiger charge is 2.23. The molecule has 3 aromatic heterocycles. The van der Waals surface area contributed by atoms with Crippen LogP contribution in [0.3, 0.4) is 0 Å². The molecule has 2 fully saturated rings. The SMILES string of the molecule is C[C@@H]1COCCN1c1cc(NCC2CCOCC2)nc(-c2ccnc3[nH]ccc23)n1. The van der Waals surface area contributed by atoms with Gasteiger partial charge >= 0.3 is 0 Å². The lowest BCUT2D eigenvalue weighted by atomic mass is 10.0.